The Morgan fingerprint density at radius 2 is 1.91 bits per heavy atom. The van der Waals surface area contributed by atoms with Crippen LogP contribution in [0.3, 0.4) is 0 Å². The standard InChI is InChI=1S/C9H16O2/c1-8(2,3)9(4-5-9)6-7(10)11/h4-6H2,1-3H3,(H,10,11). The summed E-state index contributed by atoms with van der Waals surface area (Å²) >= 11 is 0. The Morgan fingerprint density at radius 3 is 2.00 bits per heavy atom. The Kier molecular flexibility index (Phi) is 1.73. The first kappa shape index (κ1) is 8.57. The third-order valence-corrected chi connectivity index (χ3v) is 2.93. The zero-order valence-electron chi connectivity index (χ0n) is 7.48. The van der Waals surface area contributed by atoms with E-state index in [0.29, 0.717) is 6.42 Å². The molecule has 0 spiro atoms. The highest BCUT2D eigenvalue weighted by molar-refractivity contribution is 5.68. The van der Waals surface area contributed by atoms with Crippen LogP contribution in [0.4, 0.5) is 0 Å². The van der Waals surface area contributed by atoms with E-state index in [1.54, 1.807) is 0 Å². The molecule has 2 heteroatoms. The van der Waals surface area contributed by atoms with E-state index in [2.05, 4.69) is 20.8 Å². The molecule has 0 heterocycles. The monoisotopic (exact) mass is 156 g/mol. The normalized spacial score (nSPS) is 21.4. The lowest BCUT2D eigenvalue weighted by Gasteiger charge is -2.29. The van der Waals surface area contributed by atoms with Gasteiger partial charge in [0.2, 0.25) is 0 Å². The van der Waals surface area contributed by atoms with E-state index in [9.17, 15) is 4.79 Å². The molecule has 0 aliphatic heterocycles. The fourth-order valence-corrected chi connectivity index (χ4v) is 1.63. The molecule has 0 unspecified atom stereocenters. The van der Waals surface area contributed by atoms with Gasteiger partial charge in [-0.25, -0.2) is 0 Å². The maximum atomic E-state index is 10.5. The van der Waals surface area contributed by atoms with Crippen molar-refractivity contribution in [3.05, 3.63) is 0 Å². The highest BCUT2D eigenvalue weighted by Crippen LogP contribution is 2.60. The minimum Gasteiger partial charge on any atom is -0.481 e. The molecule has 2 nitrogen and oxygen atoms in total. The highest BCUT2D eigenvalue weighted by atomic mass is 16.4. The van der Waals surface area contributed by atoms with Gasteiger partial charge in [0, 0.05) is 0 Å². The van der Waals surface area contributed by atoms with Gasteiger partial charge in [-0.15, -0.1) is 0 Å². The highest BCUT2D eigenvalue weighted by Gasteiger charge is 2.52. The number of hydrogen-bond acceptors (Lipinski definition) is 1. The molecule has 1 saturated carbocycles. The summed E-state index contributed by atoms with van der Waals surface area (Å²) in [4.78, 5) is 10.5. The van der Waals surface area contributed by atoms with Crippen LogP contribution in [-0.4, -0.2) is 11.1 Å². The summed E-state index contributed by atoms with van der Waals surface area (Å²) in [5, 5.41) is 8.65. The van der Waals surface area contributed by atoms with Gasteiger partial charge in [-0.1, -0.05) is 20.8 Å². The lowest BCUT2D eigenvalue weighted by Crippen LogP contribution is -2.24. The molecule has 0 atom stereocenters. The SMILES string of the molecule is CC(C)(C)C1(CC(=O)O)CC1. The molecule has 0 aromatic rings. The van der Waals surface area contributed by atoms with Crippen molar-refractivity contribution in [2.75, 3.05) is 0 Å². The van der Waals surface area contributed by atoms with E-state index in [1.165, 1.54) is 0 Å². The van der Waals surface area contributed by atoms with Crippen molar-refractivity contribution in [2.45, 2.75) is 40.0 Å². The van der Waals surface area contributed by atoms with Crippen molar-refractivity contribution in [2.24, 2.45) is 10.8 Å². The maximum absolute atomic E-state index is 10.5. The fourth-order valence-electron chi connectivity index (χ4n) is 1.63. The molecule has 1 rings (SSSR count). The Bertz CT molecular complexity index is 172. The topological polar surface area (TPSA) is 37.3 Å². The van der Waals surface area contributed by atoms with Crippen LogP contribution in [0, 0.1) is 10.8 Å². The molecule has 64 valence electrons. The van der Waals surface area contributed by atoms with E-state index >= 15 is 0 Å². The van der Waals surface area contributed by atoms with Crippen LogP contribution in [0.5, 0.6) is 0 Å². The average molecular weight is 156 g/mol. The Labute approximate surface area is 67.6 Å². The predicted molar refractivity (Wildman–Crippen MR) is 43.4 cm³/mol. The van der Waals surface area contributed by atoms with Gasteiger partial charge in [0.25, 0.3) is 0 Å². The Balaban J connectivity index is 2.61. The van der Waals surface area contributed by atoms with Gasteiger partial charge in [0.05, 0.1) is 6.42 Å². The largest absolute Gasteiger partial charge is 0.481 e. The summed E-state index contributed by atoms with van der Waals surface area (Å²) in [5.41, 5.74) is 0.268. The second-order valence-electron chi connectivity index (χ2n) is 4.60. The minimum atomic E-state index is -0.655. The fraction of sp³-hybridized carbons (Fsp3) is 0.889. The first-order chi connectivity index (χ1) is 4.87. The van der Waals surface area contributed by atoms with Crippen molar-refractivity contribution in [3.8, 4) is 0 Å². The summed E-state index contributed by atoms with van der Waals surface area (Å²) in [6.07, 6.45) is 2.52. The number of aliphatic carboxylic acids is 1. The van der Waals surface area contributed by atoms with Crippen LogP contribution in [0.25, 0.3) is 0 Å². The number of carbonyl (C=O) groups is 1. The molecular formula is C9H16O2. The van der Waals surface area contributed by atoms with Gasteiger partial charge in [-0.3, -0.25) is 4.79 Å². The van der Waals surface area contributed by atoms with E-state index in [1.807, 2.05) is 0 Å². The molecule has 0 aromatic carbocycles. The van der Waals surface area contributed by atoms with Crippen LogP contribution in [0.2, 0.25) is 0 Å². The summed E-state index contributed by atoms with van der Waals surface area (Å²) in [6.45, 7) is 6.38. The summed E-state index contributed by atoms with van der Waals surface area (Å²) in [7, 11) is 0. The van der Waals surface area contributed by atoms with Crippen molar-refractivity contribution in [1.82, 2.24) is 0 Å². The average Bonchev–Trinajstić information content (AvgIpc) is 2.42. The van der Waals surface area contributed by atoms with Gasteiger partial charge in [0.1, 0.15) is 0 Å². The maximum Gasteiger partial charge on any atom is 0.303 e. The van der Waals surface area contributed by atoms with Gasteiger partial charge >= 0.3 is 5.97 Å². The molecule has 11 heavy (non-hydrogen) atoms. The molecule has 1 aliphatic rings. The van der Waals surface area contributed by atoms with E-state index in [0.717, 1.165) is 12.8 Å². The van der Waals surface area contributed by atoms with Gasteiger partial charge < -0.3 is 5.11 Å². The first-order valence-corrected chi connectivity index (χ1v) is 4.09. The van der Waals surface area contributed by atoms with Crippen molar-refractivity contribution in [3.63, 3.8) is 0 Å². The summed E-state index contributed by atoms with van der Waals surface area (Å²) < 4.78 is 0. The van der Waals surface area contributed by atoms with E-state index in [4.69, 9.17) is 5.11 Å². The van der Waals surface area contributed by atoms with Crippen LogP contribution in [-0.2, 0) is 4.79 Å². The number of rotatable bonds is 2. The molecular weight excluding hydrogens is 140 g/mol. The molecule has 0 saturated heterocycles. The zero-order valence-corrected chi connectivity index (χ0v) is 7.48. The predicted octanol–water partition coefficient (Wildman–Crippen LogP) is 2.29. The summed E-state index contributed by atoms with van der Waals surface area (Å²) in [6, 6.07) is 0. The van der Waals surface area contributed by atoms with Gasteiger partial charge in [0.15, 0.2) is 0 Å². The van der Waals surface area contributed by atoms with Crippen molar-refractivity contribution < 1.29 is 9.90 Å². The molecule has 1 aliphatic carbocycles. The third kappa shape index (κ3) is 1.55. The Hall–Kier alpha value is -0.530. The van der Waals surface area contributed by atoms with Gasteiger partial charge in [-0.05, 0) is 23.7 Å². The Morgan fingerprint density at radius 1 is 1.45 bits per heavy atom. The molecule has 1 N–H and O–H groups in total. The van der Waals surface area contributed by atoms with Gasteiger partial charge in [-0.2, -0.15) is 0 Å². The van der Waals surface area contributed by atoms with Crippen molar-refractivity contribution in [1.29, 1.82) is 0 Å². The minimum absolute atomic E-state index is 0.110. The lowest BCUT2D eigenvalue weighted by molar-refractivity contribution is -0.139. The number of carboxylic acid groups (broad SMARTS) is 1. The number of hydrogen-bond donors (Lipinski definition) is 1. The third-order valence-electron chi connectivity index (χ3n) is 2.93. The van der Waals surface area contributed by atoms with E-state index in [-0.39, 0.29) is 10.8 Å². The second-order valence-corrected chi connectivity index (χ2v) is 4.60. The first-order valence-electron chi connectivity index (χ1n) is 4.09. The molecule has 0 aromatic heterocycles. The molecule has 0 amide bonds. The molecule has 0 bridgehead atoms. The van der Waals surface area contributed by atoms with Crippen LogP contribution >= 0.6 is 0 Å². The lowest BCUT2D eigenvalue weighted by atomic mass is 9.75. The quantitative estimate of drug-likeness (QED) is 0.666. The number of carboxylic acids is 1. The van der Waals surface area contributed by atoms with Crippen LogP contribution in [0.1, 0.15) is 40.0 Å². The van der Waals surface area contributed by atoms with Crippen molar-refractivity contribution >= 4 is 5.97 Å². The molecule has 1 fully saturated rings. The molecule has 0 radical (unpaired) electrons. The smallest absolute Gasteiger partial charge is 0.303 e. The van der Waals surface area contributed by atoms with E-state index < -0.39 is 5.97 Å². The van der Waals surface area contributed by atoms with Crippen LogP contribution < -0.4 is 0 Å². The zero-order chi connectivity index (χ0) is 8.70. The van der Waals surface area contributed by atoms with Crippen LogP contribution in [0.15, 0.2) is 0 Å². The second kappa shape index (κ2) is 2.23. The summed E-state index contributed by atoms with van der Waals surface area (Å²) in [5.74, 6) is -0.655.